The normalized spacial score (nSPS) is 18.9. The Kier molecular flexibility index (Phi) is 3.63. The quantitative estimate of drug-likeness (QED) is 0.854. The molecule has 2 rings (SSSR count). The summed E-state index contributed by atoms with van der Waals surface area (Å²) in [6, 6.07) is 2.92. The zero-order valence-corrected chi connectivity index (χ0v) is 9.87. The van der Waals surface area contributed by atoms with Gasteiger partial charge in [-0.05, 0) is 30.7 Å². The molecular formula is C11H12N2O3S. The molecule has 90 valence electrons. The molecule has 2 N–H and O–H groups in total. The minimum Gasteiger partial charge on any atom is -0.477 e. The number of amides is 1. The van der Waals surface area contributed by atoms with Gasteiger partial charge in [0.2, 0.25) is 5.91 Å². The number of carboxylic acid groups (broad SMARTS) is 1. The molecule has 6 heteroatoms. The predicted octanol–water partition coefficient (Wildman–Crippen LogP) is 1.61. The van der Waals surface area contributed by atoms with E-state index in [1.54, 1.807) is 17.8 Å². The molecule has 1 fully saturated rings. The molecule has 1 saturated heterocycles. The molecule has 17 heavy (non-hydrogen) atoms. The van der Waals surface area contributed by atoms with E-state index in [2.05, 4.69) is 10.3 Å². The molecule has 0 radical (unpaired) electrons. The summed E-state index contributed by atoms with van der Waals surface area (Å²) in [4.78, 5) is 26.1. The van der Waals surface area contributed by atoms with Crippen LogP contribution in [-0.4, -0.2) is 33.0 Å². The average molecular weight is 252 g/mol. The monoisotopic (exact) mass is 252 g/mol. The molecule has 1 aromatic heterocycles. The Morgan fingerprint density at radius 2 is 2.29 bits per heavy atom. The maximum atomic E-state index is 11.8. The van der Waals surface area contributed by atoms with Gasteiger partial charge in [0.1, 0.15) is 5.69 Å². The number of nitrogens with one attached hydrogen (secondary N) is 1. The first kappa shape index (κ1) is 11.9. The highest BCUT2D eigenvalue weighted by Crippen LogP contribution is 2.27. The summed E-state index contributed by atoms with van der Waals surface area (Å²) in [6.07, 6.45) is 3.33. The van der Waals surface area contributed by atoms with Gasteiger partial charge < -0.3 is 10.4 Å². The predicted molar refractivity (Wildman–Crippen MR) is 65.3 cm³/mol. The first-order chi connectivity index (χ1) is 8.16. The molecule has 1 aliphatic rings. The Bertz CT molecular complexity index is 427. The van der Waals surface area contributed by atoms with Crippen molar-refractivity contribution < 1.29 is 14.7 Å². The number of carbonyl (C=O) groups excluding carboxylic acids is 1. The van der Waals surface area contributed by atoms with Crippen molar-refractivity contribution in [2.45, 2.75) is 18.1 Å². The molecule has 0 saturated carbocycles. The van der Waals surface area contributed by atoms with Gasteiger partial charge in [0.15, 0.2) is 0 Å². The number of hydrogen-bond acceptors (Lipinski definition) is 4. The van der Waals surface area contributed by atoms with Crippen LogP contribution in [0.25, 0.3) is 0 Å². The molecule has 0 bridgehead atoms. The van der Waals surface area contributed by atoms with Gasteiger partial charge >= 0.3 is 5.97 Å². The Morgan fingerprint density at radius 1 is 1.47 bits per heavy atom. The third kappa shape index (κ3) is 2.97. The fourth-order valence-corrected chi connectivity index (χ4v) is 2.76. The lowest BCUT2D eigenvalue weighted by Gasteiger charge is -2.09. The van der Waals surface area contributed by atoms with Crippen LogP contribution < -0.4 is 5.32 Å². The molecule has 1 atom stereocenters. The number of hydrogen-bond donors (Lipinski definition) is 2. The van der Waals surface area contributed by atoms with Crippen LogP contribution in [0.2, 0.25) is 0 Å². The Hall–Kier alpha value is -1.56. The molecule has 2 heterocycles. The van der Waals surface area contributed by atoms with E-state index in [1.807, 2.05) is 0 Å². The smallest absolute Gasteiger partial charge is 0.354 e. The average Bonchev–Trinajstić information content (AvgIpc) is 2.83. The van der Waals surface area contributed by atoms with Gasteiger partial charge in [-0.2, -0.15) is 0 Å². The molecule has 1 aliphatic heterocycles. The van der Waals surface area contributed by atoms with Crippen LogP contribution in [0.15, 0.2) is 18.3 Å². The number of aromatic carboxylic acids is 1. The SMILES string of the molecule is O=C(O)c1ccc(NC(=O)C2CCCS2)cn1. The van der Waals surface area contributed by atoms with Gasteiger partial charge in [0.05, 0.1) is 17.1 Å². The van der Waals surface area contributed by atoms with Crippen LogP contribution in [-0.2, 0) is 4.79 Å². The van der Waals surface area contributed by atoms with Crippen molar-refractivity contribution in [2.24, 2.45) is 0 Å². The summed E-state index contributed by atoms with van der Waals surface area (Å²) in [6.45, 7) is 0. The molecule has 0 aliphatic carbocycles. The van der Waals surface area contributed by atoms with Gasteiger partial charge in [-0.15, -0.1) is 11.8 Å². The van der Waals surface area contributed by atoms with Gasteiger partial charge in [-0.3, -0.25) is 4.79 Å². The Balaban J connectivity index is 1.98. The first-order valence-corrected chi connectivity index (χ1v) is 6.33. The number of nitrogens with zero attached hydrogens (tertiary/aromatic N) is 1. The summed E-state index contributed by atoms with van der Waals surface area (Å²) in [5.41, 5.74) is 0.505. The number of carboxylic acids is 1. The topological polar surface area (TPSA) is 79.3 Å². The van der Waals surface area contributed by atoms with Gasteiger partial charge in [0.25, 0.3) is 0 Å². The van der Waals surface area contributed by atoms with Crippen molar-refractivity contribution in [1.82, 2.24) is 4.98 Å². The molecule has 5 nitrogen and oxygen atoms in total. The van der Waals surface area contributed by atoms with Crippen molar-refractivity contribution in [2.75, 3.05) is 11.1 Å². The molecular weight excluding hydrogens is 240 g/mol. The van der Waals surface area contributed by atoms with Crippen molar-refractivity contribution in [1.29, 1.82) is 0 Å². The Labute approximate surface area is 103 Å². The minimum absolute atomic E-state index is 0.00847. The highest BCUT2D eigenvalue weighted by atomic mass is 32.2. The second kappa shape index (κ2) is 5.18. The van der Waals surface area contributed by atoms with Crippen molar-refractivity contribution in [3.8, 4) is 0 Å². The van der Waals surface area contributed by atoms with Crippen LogP contribution in [0.1, 0.15) is 23.3 Å². The second-order valence-corrected chi connectivity index (χ2v) is 5.04. The number of rotatable bonds is 3. The summed E-state index contributed by atoms with van der Waals surface area (Å²) in [5.74, 6) is -0.0829. The minimum atomic E-state index is -1.07. The van der Waals surface area contributed by atoms with Crippen LogP contribution >= 0.6 is 11.8 Å². The van der Waals surface area contributed by atoms with Crippen LogP contribution in [0, 0.1) is 0 Å². The Morgan fingerprint density at radius 3 is 2.82 bits per heavy atom. The molecule has 1 aromatic rings. The van der Waals surface area contributed by atoms with E-state index < -0.39 is 5.97 Å². The number of aromatic nitrogens is 1. The number of pyridine rings is 1. The molecule has 0 spiro atoms. The fourth-order valence-electron chi connectivity index (χ4n) is 1.60. The number of anilines is 1. The highest BCUT2D eigenvalue weighted by molar-refractivity contribution is 8.00. The van der Waals surface area contributed by atoms with Crippen LogP contribution in [0.5, 0.6) is 0 Å². The lowest BCUT2D eigenvalue weighted by molar-refractivity contribution is -0.115. The zero-order chi connectivity index (χ0) is 12.3. The lowest BCUT2D eigenvalue weighted by atomic mass is 10.2. The van der Waals surface area contributed by atoms with Gasteiger partial charge in [0, 0.05) is 0 Å². The maximum absolute atomic E-state index is 11.8. The zero-order valence-electron chi connectivity index (χ0n) is 9.05. The van der Waals surface area contributed by atoms with Crippen molar-refractivity contribution >= 4 is 29.3 Å². The van der Waals surface area contributed by atoms with E-state index in [-0.39, 0.29) is 16.9 Å². The lowest BCUT2D eigenvalue weighted by Crippen LogP contribution is -2.23. The largest absolute Gasteiger partial charge is 0.477 e. The van der Waals surface area contributed by atoms with Gasteiger partial charge in [-0.25, -0.2) is 9.78 Å². The summed E-state index contributed by atoms with van der Waals surface area (Å²) in [5, 5.41) is 11.4. The standard InChI is InChI=1S/C11H12N2O3S/c14-10(9-2-1-5-17-9)13-7-3-4-8(11(15)16)12-6-7/h3-4,6,9H,1-2,5H2,(H,13,14)(H,15,16). The van der Waals surface area contributed by atoms with E-state index in [0.29, 0.717) is 5.69 Å². The first-order valence-electron chi connectivity index (χ1n) is 5.28. The molecule has 1 unspecified atom stereocenters. The summed E-state index contributed by atoms with van der Waals surface area (Å²) in [7, 11) is 0. The summed E-state index contributed by atoms with van der Waals surface area (Å²) >= 11 is 1.65. The van der Waals surface area contributed by atoms with Gasteiger partial charge in [-0.1, -0.05) is 0 Å². The highest BCUT2D eigenvalue weighted by Gasteiger charge is 2.23. The van der Waals surface area contributed by atoms with Crippen molar-refractivity contribution in [3.05, 3.63) is 24.0 Å². The van der Waals surface area contributed by atoms with E-state index in [1.165, 1.54) is 12.3 Å². The maximum Gasteiger partial charge on any atom is 0.354 e. The van der Waals surface area contributed by atoms with E-state index in [9.17, 15) is 9.59 Å². The van der Waals surface area contributed by atoms with Crippen LogP contribution in [0.4, 0.5) is 5.69 Å². The summed E-state index contributed by atoms with van der Waals surface area (Å²) < 4.78 is 0. The van der Waals surface area contributed by atoms with Crippen LogP contribution in [0.3, 0.4) is 0 Å². The van der Waals surface area contributed by atoms with E-state index in [0.717, 1.165) is 18.6 Å². The fraction of sp³-hybridized carbons (Fsp3) is 0.364. The molecule has 0 aromatic carbocycles. The number of carbonyl (C=O) groups is 2. The second-order valence-electron chi connectivity index (χ2n) is 3.73. The number of thioether (sulfide) groups is 1. The third-order valence-corrected chi connectivity index (χ3v) is 3.85. The van der Waals surface area contributed by atoms with E-state index in [4.69, 9.17) is 5.11 Å². The van der Waals surface area contributed by atoms with Crippen molar-refractivity contribution in [3.63, 3.8) is 0 Å². The third-order valence-electron chi connectivity index (χ3n) is 2.47. The van der Waals surface area contributed by atoms with E-state index >= 15 is 0 Å². The molecule has 1 amide bonds.